The number of aromatic nitrogens is 2. The van der Waals surface area contributed by atoms with Gasteiger partial charge in [-0.3, -0.25) is 0 Å². The summed E-state index contributed by atoms with van der Waals surface area (Å²) in [5, 5.41) is 3.61. The molecule has 4 nitrogen and oxygen atoms in total. The third-order valence-electron chi connectivity index (χ3n) is 5.65. The summed E-state index contributed by atoms with van der Waals surface area (Å²) in [4.78, 5) is -0.168. The molecule has 0 saturated heterocycles. The highest BCUT2D eigenvalue weighted by Gasteiger charge is 2.41. The third-order valence-corrected chi connectivity index (χ3v) is 6.78. The molecule has 4 aromatic rings. The smallest absolute Gasteiger partial charge is 0.232 e. The monoisotopic (exact) mass is 578 g/mol. The van der Waals surface area contributed by atoms with E-state index in [-0.39, 0.29) is 27.4 Å². The van der Waals surface area contributed by atoms with E-state index in [0.717, 1.165) is 42.7 Å². The van der Waals surface area contributed by atoms with Crippen LogP contribution in [-0.2, 0) is 28.4 Å². The zero-order valence-corrected chi connectivity index (χ0v) is 20.3. The number of alkyl halides is 9. The Kier molecular flexibility index (Phi) is 6.82. The fourth-order valence-corrected chi connectivity index (χ4v) is 4.45. The maximum atomic E-state index is 14.2. The van der Waals surface area contributed by atoms with E-state index in [1.807, 2.05) is 0 Å². The lowest BCUT2D eigenvalue weighted by Gasteiger charge is -2.13. The lowest BCUT2D eigenvalue weighted by Crippen LogP contribution is -2.09. The predicted molar refractivity (Wildman–Crippen MR) is 123 cm³/mol. The van der Waals surface area contributed by atoms with Gasteiger partial charge in [-0.1, -0.05) is 24.3 Å². The van der Waals surface area contributed by atoms with Crippen molar-refractivity contribution in [2.24, 2.45) is 0 Å². The molecule has 0 amide bonds. The Morgan fingerprint density at radius 2 is 1.05 bits per heavy atom. The fourth-order valence-electron chi connectivity index (χ4n) is 3.82. The molecule has 1 heterocycles. The summed E-state index contributed by atoms with van der Waals surface area (Å²) in [6, 6.07) is 10.4. The van der Waals surface area contributed by atoms with Gasteiger partial charge in [0, 0.05) is 17.4 Å². The van der Waals surface area contributed by atoms with Crippen molar-refractivity contribution in [3.05, 3.63) is 89.6 Å². The summed E-state index contributed by atoms with van der Waals surface area (Å²) < 4.78 is 145. The van der Waals surface area contributed by atoms with Crippen LogP contribution in [-0.4, -0.2) is 24.5 Å². The average molecular weight is 578 g/mol. The number of hydrogen-bond donors (Lipinski definition) is 0. The highest BCUT2D eigenvalue weighted by molar-refractivity contribution is 7.90. The van der Waals surface area contributed by atoms with Gasteiger partial charge in [0.25, 0.3) is 0 Å². The molecule has 1 aromatic heterocycles. The second-order valence-corrected chi connectivity index (χ2v) is 10.4. The van der Waals surface area contributed by atoms with Crippen LogP contribution >= 0.6 is 0 Å². The Morgan fingerprint density at radius 1 is 0.615 bits per heavy atom. The van der Waals surface area contributed by atoms with Gasteiger partial charge in [-0.25, -0.2) is 13.1 Å². The van der Waals surface area contributed by atoms with Gasteiger partial charge in [0.05, 0.1) is 27.4 Å². The molecule has 206 valence electrons. The number of sulfone groups is 1. The summed E-state index contributed by atoms with van der Waals surface area (Å²) >= 11 is 0. The Labute approximate surface area is 215 Å². The molecule has 0 radical (unpaired) electrons. The van der Waals surface area contributed by atoms with Gasteiger partial charge < -0.3 is 0 Å². The maximum absolute atomic E-state index is 14.2. The molecule has 39 heavy (non-hydrogen) atoms. The molecule has 0 spiro atoms. The van der Waals surface area contributed by atoms with Crippen LogP contribution in [0.25, 0.3) is 28.1 Å². The Bertz CT molecular complexity index is 1600. The van der Waals surface area contributed by atoms with E-state index >= 15 is 0 Å². The van der Waals surface area contributed by atoms with Crippen molar-refractivity contribution in [1.82, 2.24) is 9.78 Å². The Morgan fingerprint density at radius 3 is 1.46 bits per heavy atom. The van der Waals surface area contributed by atoms with Crippen molar-refractivity contribution in [2.75, 3.05) is 6.26 Å². The molecule has 0 fully saturated rings. The van der Waals surface area contributed by atoms with Gasteiger partial charge in [0.15, 0.2) is 15.5 Å². The zero-order valence-electron chi connectivity index (χ0n) is 19.4. The topological polar surface area (TPSA) is 52.0 Å². The van der Waals surface area contributed by atoms with Crippen LogP contribution in [0, 0.1) is 0 Å². The van der Waals surface area contributed by atoms with Crippen molar-refractivity contribution in [3.63, 3.8) is 0 Å². The number of rotatable bonds is 4. The minimum atomic E-state index is -5.13. The third kappa shape index (κ3) is 5.79. The van der Waals surface area contributed by atoms with Gasteiger partial charge in [0.1, 0.15) is 0 Å². The van der Waals surface area contributed by atoms with Gasteiger partial charge in [-0.15, -0.1) is 0 Å². The van der Waals surface area contributed by atoms with Crippen molar-refractivity contribution in [2.45, 2.75) is 23.4 Å². The summed E-state index contributed by atoms with van der Waals surface area (Å²) in [7, 11) is -3.70. The minimum absolute atomic E-state index is 0.0276. The first-order valence-electron chi connectivity index (χ1n) is 10.7. The number of hydrogen-bond acceptors (Lipinski definition) is 3. The molecule has 0 N–H and O–H groups in total. The van der Waals surface area contributed by atoms with E-state index in [4.69, 9.17) is 0 Å². The molecule has 0 aliphatic rings. The minimum Gasteiger partial charge on any atom is -0.232 e. The first kappa shape index (κ1) is 28.2. The van der Waals surface area contributed by atoms with Gasteiger partial charge in [0.2, 0.25) is 0 Å². The summed E-state index contributed by atoms with van der Waals surface area (Å²) in [6.45, 7) is 0. The Balaban J connectivity index is 2.04. The van der Waals surface area contributed by atoms with E-state index in [9.17, 15) is 47.9 Å². The SMILES string of the molecule is CS(=O)(=O)c1ccc(-c2c(-c3ccc(C(F)(F)F)cc3)c(C(F)(F)F)nn2-c2ccc(C(F)(F)F)cc2)cc1. The van der Waals surface area contributed by atoms with Crippen LogP contribution in [0.2, 0.25) is 0 Å². The first-order chi connectivity index (χ1) is 17.9. The van der Waals surface area contributed by atoms with E-state index in [0.29, 0.717) is 28.9 Å². The lowest BCUT2D eigenvalue weighted by molar-refractivity contribution is -0.141. The van der Waals surface area contributed by atoms with Crippen molar-refractivity contribution in [1.29, 1.82) is 0 Å². The molecule has 0 atom stereocenters. The predicted octanol–water partition coefficient (Wildman–Crippen LogP) is 7.67. The van der Waals surface area contributed by atoms with E-state index in [2.05, 4.69) is 5.10 Å². The fraction of sp³-hybridized carbons (Fsp3) is 0.160. The van der Waals surface area contributed by atoms with Crippen LogP contribution in [0.1, 0.15) is 16.8 Å². The maximum Gasteiger partial charge on any atom is 0.435 e. The highest BCUT2D eigenvalue weighted by Crippen LogP contribution is 2.44. The lowest BCUT2D eigenvalue weighted by atomic mass is 9.97. The molecule has 4 rings (SSSR count). The molecule has 3 aromatic carbocycles. The first-order valence-corrected chi connectivity index (χ1v) is 12.6. The van der Waals surface area contributed by atoms with Crippen LogP contribution in [0.3, 0.4) is 0 Å². The van der Waals surface area contributed by atoms with E-state index in [1.54, 1.807) is 0 Å². The summed E-state index contributed by atoms with van der Waals surface area (Å²) in [5.41, 5.74) is -5.23. The molecule has 0 unspecified atom stereocenters. The van der Waals surface area contributed by atoms with Gasteiger partial charge in [-0.05, 0) is 54.1 Å². The number of nitrogens with zero attached hydrogens (tertiary/aromatic N) is 2. The zero-order chi connectivity index (χ0) is 29.0. The standard InChI is InChI=1S/C25H15F9N2O2S/c1-39(37,38)19-12-4-15(5-13-19)21-20(14-2-6-16(7-3-14)23(26,27)28)22(25(32,33)34)35-36(21)18-10-8-17(9-11-18)24(29,30)31/h2-13H,1H3. The number of benzene rings is 3. The van der Waals surface area contributed by atoms with Crippen molar-refractivity contribution in [3.8, 4) is 28.1 Å². The van der Waals surface area contributed by atoms with Gasteiger partial charge >= 0.3 is 18.5 Å². The molecular formula is C25H15F9N2O2S. The van der Waals surface area contributed by atoms with Gasteiger partial charge in [-0.2, -0.15) is 44.6 Å². The van der Waals surface area contributed by atoms with Crippen LogP contribution in [0.4, 0.5) is 39.5 Å². The molecular weight excluding hydrogens is 563 g/mol. The molecule has 14 heteroatoms. The summed E-state index contributed by atoms with van der Waals surface area (Å²) in [5.74, 6) is 0. The number of halogens is 9. The van der Waals surface area contributed by atoms with Crippen LogP contribution in [0.5, 0.6) is 0 Å². The highest BCUT2D eigenvalue weighted by atomic mass is 32.2. The summed E-state index contributed by atoms with van der Waals surface area (Å²) in [6.07, 6.45) is -13.7. The van der Waals surface area contributed by atoms with Crippen molar-refractivity contribution < 1.29 is 47.9 Å². The second-order valence-electron chi connectivity index (χ2n) is 8.40. The van der Waals surface area contributed by atoms with Crippen LogP contribution in [0.15, 0.2) is 77.7 Å². The Hall–Kier alpha value is -3.81. The average Bonchev–Trinajstić information content (AvgIpc) is 3.24. The molecule has 0 saturated carbocycles. The van der Waals surface area contributed by atoms with E-state index < -0.39 is 50.8 Å². The molecule has 0 aliphatic carbocycles. The molecule has 0 aliphatic heterocycles. The quantitative estimate of drug-likeness (QED) is 0.234. The largest absolute Gasteiger partial charge is 0.435 e. The molecule has 0 bridgehead atoms. The van der Waals surface area contributed by atoms with Crippen LogP contribution < -0.4 is 0 Å². The van der Waals surface area contributed by atoms with E-state index in [1.165, 1.54) is 12.1 Å². The normalized spacial score (nSPS) is 13.1. The van der Waals surface area contributed by atoms with Crippen molar-refractivity contribution >= 4 is 9.84 Å². The second kappa shape index (κ2) is 9.43.